The summed E-state index contributed by atoms with van der Waals surface area (Å²) in [4.78, 5) is 7.08. The second-order valence-corrected chi connectivity index (χ2v) is 5.70. The number of aromatic nitrogens is 1. The minimum absolute atomic E-state index is 0.239. The van der Waals surface area contributed by atoms with Crippen LogP contribution in [0.15, 0.2) is 30.3 Å². The van der Waals surface area contributed by atoms with Crippen molar-refractivity contribution in [2.45, 2.75) is 19.3 Å². The Bertz CT molecular complexity index is 697. The van der Waals surface area contributed by atoms with Crippen molar-refractivity contribution in [3.05, 3.63) is 47.2 Å². The molecule has 1 aliphatic rings. The minimum atomic E-state index is 0.239. The Hall–Kier alpha value is -2.14. The second kappa shape index (κ2) is 5.33. The number of rotatable bonds is 3. The maximum absolute atomic E-state index is 9.40. The van der Waals surface area contributed by atoms with Crippen LogP contribution in [0.2, 0.25) is 0 Å². The summed E-state index contributed by atoms with van der Waals surface area (Å²) in [5.41, 5.74) is 9.99. The highest BCUT2D eigenvalue weighted by molar-refractivity contribution is 7.80. The molecular weight excluding hydrogens is 282 g/mol. The molecule has 1 aliphatic carbocycles. The summed E-state index contributed by atoms with van der Waals surface area (Å²) in [6, 6.07) is 9.06. The highest BCUT2D eigenvalue weighted by Gasteiger charge is 2.20. The summed E-state index contributed by atoms with van der Waals surface area (Å²) in [5, 5.41) is 9.40. The van der Waals surface area contributed by atoms with Crippen LogP contribution in [-0.2, 0) is 12.8 Å². The van der Waals surface area contributed by atoms with Crippen LogP contribution in [0.25, 0.3) is 0 Å². The third kappa shape index (κ3) is 2.56. The lowest BCUT2D eigenvalue weighted by molar-refractivity contribution is 0.475. The summed E-state index contributed by atoms with van der Waals surface area (Å²) in [6.45, 7) is 0. The molecule has 0 bridgehead atoms. The van der Waals surface area contributed by atoms with E-state index in [9.17, 15) is 5.11 Å². The molecule has 1 heterocycles. The molecule has 4 nitrogen and oxygen atoms in total. The van der Waals surface area contributed by atoms with Crippen LogP contribution in [-0.4, -0.2) is 22.1 Å². The number of thiocarbonyl (C=S) groups is 1. The molecule has 1 aromatic heterocycles. The van der Waals surface area contributed by atoms with Crippen LogP contribution in [0.5, 0.6) is 5.75 Å². The molecule has 0 spiro atoms. The first kappa shape index (κ1) is 13.8. The molecular formula is C16H17N3OS. The maximum atomic E-state index is 9.40. The molecule has 0 aliphatic heterocycles. The van der Waals surface area contributed by atoms with E-state index in [1.54, 1.807) is 12.1 Å². The van der Waals surface area contributed by atoms with E-state index in [0.717, 1.165) is 42.0 Å². The molecule has 0 unspecified atom stereocenters. The van der Waals surface area contributed by atoms with Gasteiger partial charge in [-0.15, -0.1) is 0 Å². The lowest BCUT2D eigenvalue weighted by Gasteiger charge is -2.22. The summed E-state index contributed by atoms with van der Waals surface area (Å²) >= 11 is 5.18. The first-order chi connectivity index (χ1) is 10.1. The first-order valence-corrected chi connectivity index (χ1v) is 7.32. The second-order valence-electron chi connectivity index (χ2n) is 5.26. The Balaban J connectivity index is 2.08. The van der Waals surface area contributed by atoms with E-state index in [1.807, 2.05) is 24.1 Å². The molecule has 0 saturated carbocycles. The van der Waals surface area contributed by atoms with E-state index < -0.39 is 0 Å². The largest absolute Gasteiger partial charge is 0.508 e. The number of pyridine rings is 1. The molecule has 21 heavy (non-hydrogen) atoms. The fourth-order valence-corrected chi connectivity index (χ4v) is 2.85. The monoisotopic (exact) mass is 299 g/mol. The van der Waals surface area contributed by atoms with Crippen LogP contribution in [0.3, 0.4) is 0 Å². The molecule has 2 aromatic rings. The first-order valence-electron chi connectivity index (χ1n) is 6.91. The highest BCUT2D eigenvalue weighted by Crippen LogP contribution is 2.31. The van der Waals surface area contributed by atoms with Gasteiger partial charge in [0.15, 0.2) is 0 Å². The maximum Gasteiger partial charge on any atom is 0.143 e. The van der Waals surface area contributed by atoms with Gasteiger partial charge in [-0.25, -0.2) is 4.98 Å². The number of anilines is 2. The van der Waals surface area contributed by atoms with E-state index in [-0.39, 0.29) is 5.75 Å². The number of nitrogens with zero attached hydrogens (tertiary/aromatic N) is 2. The van der Waals surface area contributed by atoms with Crippen molar-refractivity contribution in [3.8, 4) is 5.75 Å². The molecule has 1 aromatic carbocycles. The van der Waals surface area contributed by atoms with Crippen molar-refractivity contribution < 1.29 is 5.11 Å². The number of aryl methyl sites for hydroxylation is 2. The smallest absolute Gasteiger partial charge is 0.143 e. The van der Waals surface area contributed by atoms with Gasteiger partial charge in [0.25, 0.3) is 0 Å². The van der Waals surface area contributed by atoms with Crippen molar-refractivity contribution in [2.24, 2.45) is 5.73 Å². The number of hydrogen-bond acceptors (Lipinski definition) is 4. The summed E-state index contributed by atoms with van der Waals surface area (Å²) < 4.78 is 0. The normalized spacial score (nSPS) is 13.0. The van der Waals surface area contributed by atoms with Gasteiger partial charge in [0.2, 0.25) is 0 Å². The number of phenols is 1. The van der Waals surface area contributed by atoms with Gasteiger partial charge in [-0.1, -0.05) is 12.2 Å². The van der Waals surface area contributed by atoms with Crippen LogP contribution in [0.1, 0.15) is 23.2 Å². The average Bonchev–Trinajstić information content (AvgIpc) is 2.93. The van der Waals surface area contributed by atoms with Gasteiger partial charge in [0, 0.05) is 18.4 Å². The Morgan fingerprint density at radius 1 is 1.29 bits per heavy atom. The zero-order valence-electron chi connectivity index (χ0n) is 11.8. The Morgan fingerprint density at radius 3 is 2.67 bits per heavy atom. The van der Waals surface area contributed by atoms with Crippen molar-refractivity contribution in [2.75, 3.05) is 11.9 Å². The van der Waals surface area contributed by atoms with Crippen molar-refractivity contribution in [1.29, 1.82) is 0 Å². The lowest BCUT2D eigenvalue weighted by Crippen LogP contribution is -2.20. The molecule has 108 valence electrons. The number of aromatic hydroxyl groups is 1. The van der Waals surface area contributed by atoms with Crippen LogP contribution in [0, 0.1) is 0 Å². The number of fused-ring (bicyclic) bond motifs is 1. The Labute approximate surface area is 129 Å². The molecule has 0 amide bonds. The van der Waals surface area contributed by atoms with Gasteiger partial charge in [0.05, 0.1) is 5.56 Å². The molecule has 5 heteroatoms. The van der Waals surface area contributed by atoms with E-state index in [1.165, 1.54) is 5.56 Å². The fourth-order valence-electron chi connectivity index (χ4n) is 2.70. The molecule has 3 rings (SSSR count). The molecule has 0 atom stereocenters. The van der Waals surface area contributed by atoms with Gasteiger partial charge in [-0.05, 0) is 55.2 Å². The standard InChI is InChI=1S/C16H17N3OS/c1-19(11-5-7-12(20)8-6-11)16-13(15(17)21)9-10-3-2-4-14(10)18-16/h5-9,20H,2-4H2,1H3,(H2,17,21). The number of benzene rings is 1. The highest BCUT2D eigenvalue weighted by atomic mass is 32.1. The summed E-state index contributed by atoms with van der Waals surface area (Å²) in [5.74, 6) is 1.01. The SMILES string of the molecule is CN(c1ccc(O)cc1)c1nc2c(cc1C(N)=S)CCC2. The average molecular weight is 299 g/mol. The van der Waals surface area contributed by atoms with Crippen molar-refractivity contribution in [1.82, 2.24) is 4.98 Å². The molecule has 0 saturated heterocycles. The Morgan fingerprint density at radius 2 is 2.00 bits per heavy atom. The third-order valence-corrected chi connectivity index (χ3v) is 4.07. The van der Waals surface area contributed by atoms with Crippen molar-refractivity contribution >= 4 is 28.7 Å². The van der Waals surface area contributed by atoms with E-state index in [2.05, 4.69) is 6.07 Å². The number of hydrogen-bond donors (Lipinski definition) is 2. The van der Waals surface area contributed by atoms with E-state index in [4.69, 9.17) is 22.9 Å². The van der Waals surface area contributed by atoms with Crippen LogP contribution >= 0.6 is 12.2 Å². The van der Waals surface area contributed by atoms with Crippen LogP contribution < -0.4 is 10.6 Å². The van der Waals surface area contributed by atoms with Gasteiger partial charge in [-0.2, -0.15) is 0 Å². The fraction of sp³-hybridized carbons (Fsp3) is 0.250. The number of nitrogens with two attached hydrogens (primary N) is 1. The topological polar surface area (TPSA) is 62.4 Å². The Kier molecular flexibility index (Phi) is 3.51. The quantitative estimate of drug-likeness (QED) is 0.853. The third-order valence-electron chi connectivity index (χ3n) is 3.85. The summed E-state index contributed by atoms with van der Waals surface area (Å²) in [6.07, 6.45) is 3.18. The molecule has 3 N–H and O–H groups in total. The van der Waals surface area contributed by atoms with Crippen LogP contribution in [0.4, 0.5) is 11.5 Å². The van der Waals surface area contributed by atoms with Crippen molar-refractivity contribution in [3.63, 3.8) is 0 Å². The van der Waals surface area contributed by atoms with Gasteiger partial charge in [0.1, 0.15) is 16.6 Å². The zero-order valence-corrected chi connectivity index (χ0v) is 12.7. The molecule has 0 radical (unpaired) electrons. The van der Waals surface area contributed by atoms with Gasteiger partial charge in [-0.3, -0.25) is 0 Å². The predicted molar refractivity (Wildman–Crippen MR) is 88.3 cm³/mol. The lowest BCUT2D eigenvalue weighted by atomic mass is 10.1. The van der Waals surface area contributed by atoms with E-state index >= 15 is 0 Å². The minimum Gasteiger partial charge on any atom is -0.508 e. The van der Waals surface area contributed by atoms with Gasteiger partial charge >= 0.3 is 0 Å². The molecule has 0 fully saturated rings. The summed E-state index contributed by atoms with van der Waals surface area (Å²) in [7, 11) is 1.93. The van der Waals surface area contributed by atoms with Gasteiger partial charge < -0.3 is 15.7 Å². The predicted octanol–water partition coefficient (Wildman–Crippen LogP) is 2.68. The zero-order chi connectivity index (χ0) is 15.0. The number of phenolic OH excluding ortho intramolecular Hbond substituents is 1. The van der Waals surface area contributed by atoms with E-state index in [0.29, 0.717) is 4.99 Å².